The van der Waals surface area contributed by atoms with Gasteiger partial charge in [-0.25, -0.2) is 0 Å². The lowest BCUT2D eigenvalue weighted by Gasteiger charge is -2.14. The molecule has 0 saturated carbocycles. The monoisotopic (exact) mass is 322 g/mol. The summed E-state index contributed by atoms with van der Waals surface area (Å²) in [5.41, 5.74) is 0.664. The first-order chi connectivity index (χ1) is 11.2. The number of fused-ring (bicyclic) bond motifs is 1. The molecule has 3 aromatic rings. The van der Waals surface area contributed by atoms with Crippen molar-refractivity contribution in [1.82, 2.24) is 0 Å². The molecule has 0 heterocycles. The maximum absolute atomic E-state index is 10.7. The summed E-state index contributed by atoms with van der Waals surface area (Å²) in [7, 11) is 0. The van der Waals surface area contributed by atoms with Crippen molar-refractivity contribution < 1.29 is 10.2 Å². The third-order valence-corrected chi connectivity index (χ3v) is 4.76. The standard InChI is InChI=1S/C20H18O2S/c1-2-3-11-17-18(21)15-12-7-8-13-16(15)19(22)20(17)23-14-9-5-4-6-10-14/h3-13,21-22H,2H2,1H3/b11-3+. The normalized spacial score (nSPS) is 11.3. The summed E-state index contributed by atoms with van der Waals surface area (Å²) < 4.78 is 0. The molecule has 23 heavy (non-hydrogen) atoms. The van der Waals surface area contributed by atoms with E-state index in [-0.39, 0.29) is 11.5 Å². The predicted octanol–water partition coefficient (Wildman–Crippen LogP) is 5.83. The molecule has 0 aliphatic rings. The zero-order valence-corrected chi connectivity index (χ0v) is 13.7. The minimum Gasteiger partial charge on any atom is -0.507 e. The van der Waals surface area contributed by atoms with Crippen molar-refractivity contribution in [3.05, 3.63) is 66.2 Å². The molecule has 3 heteroatoms. The molecule has 0 atom stereocenters. The third-order valence-electron chi connectivity index (χ3n) is 3.64. The molecule has 2 nitrogen and oxygen atoms in total. The maximum atomic E-state index is 10.7. The Morgan fingerprint density at radius 1 is 0.870 bits per heavy atom. The number of phenolic OH excluding ortho intramolecular Hbond substituents is 2. The summed E-state index contributed by atoms with van der Waals surface area (Å²) in [5, 5.41) is 22.8. The highest BCUT2D eigenvalue weighted by molar-refractivity contribution is 7.99. The quantitative estimate of drug-likeness (QED) is 0.594. The zero-order valence-electron chi connectivity index (χ0n) is 12.9. The lowest BCUT2D eigenvalue weighted by molar-refractivity contribution is 0.457. The first-order valence-corrected chi connectivity index (χ1v) is 8.40. The first kappa shape index (κ1) is 15.5. The first-order valence-electron chi connectivity index (χ1n) is 7.58. The van der Waals surface area contributed by atoms with Gasteiger partial charge in [-0.3, -0.25) is 0 Å². The van der Waals surface area contributed by atoms with Gasteiger partial charge in [0.25, 0.3) is 0 Å². The van der Waals surface area contributed by atoms with Crippen molar-refractivity contribution in [2.24, 2.45) is 0 Å². The molecule has 2 N–H and O–H groups in total. The molecule has 0 aliphatic heterocycles. The van der Waals surface area contributed by atoms with Gasteiger partial charge in [0.2, 0.25) is 0 Å². The SMILES string of the molecule is CC/C=C/c1c(Sc2ccccc2)c(O)c2ccccc2c1O. The molecule has 3 rings (SSSR count). The third kappa shape index (κ3) is 3.06. The van der Waals surface area contributed by atoms with E-state index in [1.807, 2.05) is 73.7 Å². The van der Waals surface area contributed by atoms with Gasteiger partial charge in [-0.1, -0.05) is 73.3 Å². The number of phenols is 2. The van der Waals surface area contributed by atoms with E-state index in [0.29, 0.717) is 21.2 Å². The molecule has 0 aliphatic carbocycles. The van der Waals surface area contributed by atoms with Gasteiger partial charge in [-0.2, -0.15) is 0 Å². The second-order valence-corrected chi connectivity index (χ2v) is 6.30. The number of hydrogen-bond donors (Lipinski definition) is 2. The van der Waals surface area contributed by atoms with Gasteiger partial charge >= 0.3 is 0 Å². The fourth-order valence-corrected chi connectivity index (χ4v) is 3.51. The Bertz CT molecular complexity index is 854. The van der Waals surface area contributed by atoms with Gasteiger partial charge in [0.1, 0.15) is 11.5 Å². The highest BCUT2D eigenvalue weighted by atomic mass is 32.2. The molecule has 3 aromatic carbocycles. The van der Waals surface area contributed by atoms with Crippen molar-refractivity contribution in [1.29, 1.82) is 0 Å². The maximum Gasteiger partial charge on any atom is 0.138 e. The molecule has 0 spiro atoms. The van der Waals surface area contributed by atoms with Crippen molar-refractivity contribution in [3.8, 4) is 11.5 Å². The highest BCUT2D eigenvalue weighted by Crippen LogP contribution is 2.47. The van der Waals surface area contributed by atoms with Crippen LogP contribution in [0.2, 0.25) is 0 Å². The van der Waals surface area contributed by atoms with E-state index in [2.05, 4.69) is 0 Å². The lowest BCUT2D eigenvalue weighted by Crippen LogP contribution is -1.87. The average molecular weight is 322 g/mol. The Labute approximate surface area is 140 Å². The lowest BCUT2D eigenvalue weighted by atomic mass is 10.0. The minimum atomic E-state index is 0.210. The Morgan fingerprint density at radius 3 is 2.13 bits per heavy atom. The van der Waals surface area contributed by atoms with Gasteiger partial charge < -0.3 is 10.2 Å². The van der Waals surface area contributed by atoms with Crippen molar-refractivity contribution >= 4 is 28.6 Å². The summed E-state index contributed by atoms with van der Waals surface area (Å²) in [4.78, 5) is 1.70. The van der Waals surface area contributed by atoms with Crippen LogP contribution in [-0.4, -0.2) is 10.2 Å². The van der Waals surface area contributed by atoms with E-state index in [1.54, 1.807) is 0 Å². The molecular weight excluding hydrogens is 304 g/mol. The van der Waals surface area contributed by atoms with Crippen LogP contribution in [0.5, 0.6) is 11.5 Å². The fourth-order valence-electron chi connectivity index (χ4n) is 2.50. The number of hydrogen-bond acceptors (Lipinski definition) is 3. The molecule has 0 aromatic heterocycles. The van der Waals surface area contributed by atoms with Crippen molar-refractivity contribution in [2.45, 2.75) is 23.1 Å². The Hall–Kier alpha value is -2.39. The van der Waals surface area contributed by atoms with Crippen molar-refractivity contribution in [2.75, 3.05) is 0 Å². The molecule has 0 saturated heterocycles. The number of aromatic hydroxyl groups is 2. The minimum absolute atomic E-state index is 0.210. The van der Waals surface area contributed by atoms with Crippen LogP contribution in [0.25, 0.3) is 16.8 Å². The second kappa shape index (κ2) is 6.80. The highest BCUT2D eigenvalue weighted by Gasteiger charge is 2.18. The number of allylic oxidation sites excluding steroid dienone is 1. The summed E-state index contributed by atoms with van der Waals surface area (Å²) >= 11 is 1.46. The van der Waals surface area contributed by atoms with E-state index in [9.17, 15) is 10.2 Å². The van der Waals surface area contributed by atoms with Crippen LogP contribution in [0.3, 0.4) is 0 Å². The molecule has 0 radical (unpaired) electrons. The molecule has 0 bridgehead atoms. The van der Waals surface area contributed by atoms with Crippen molar-refractivity contribution in [3.63, 3.8) is 0 Å². The fraction of sp³-hybridized carbons (Fsp3) is 0.100. The van der Waals surface area contributed by atoms with E-state index in [4.69, 9.17) is 0 Å². The Balaban J connectivity index is 2.24. The summed E-state index contributed by atoms with van der Waals surface area (Å²) in [6.45, 7) is 2.04. The molecule has 0 fully saturated rings. The van der Waals surface area contributed by atoms with Gasteiger partial charge in [0, 0.05) is 21.2 Å². The number of benzene rings is 3. The molecule has 0 unspecified atom stereocenters. The average Bonchev–Trinajstić information content (AvgIpc) is 2.60. The van der Waals surface area contributed by atoms with Crippen LogP contribution in [0.4, 0.5) is 0 Å². The van der Waals surface area contributed by atoms with E-state index in [0.717, 1.165) is 11.3 Å². The van der Waals surface area contributed by atoms with E-state index >= 15 is 0 Å². The molecule has 0 amide bonds. The topological polar surface area (TPSA) is 40.5 Å². The van der Waals surface area contributed by atoms with Gasteiger partial charge in [-0.15, -0.1) is 0 Å². The van der Waals surface area contributed by atoms with E-state index < -0.39 is 0 Å². The largest absolute Gasteiger partial charge is 0.507 e. The zero-order chi connectivity index (χ0) is 16.2. The smallest absolute Gasteiger partial charge is 0.138 e. The van der Waals surface area contributed by atoms with Crippen LogP contribution in [0.15, 0.2) is 70.5 Å². The molecule has 116 valence electrons. The van der Waals surface area contributed by atoms with Gasteiger partial charge in [0.05, 0.1) is 4.90 Å². The Kier molecular flexibility index (Phi) is 4.58. The van der Waals surface area contributed by atoms with Crippen LogP contribution in [-0.2, 0) is 0 Å². The number of rotatable bonds is 4. The van der Waals surface area contributed by atoms with Crippen LogP contribution < -0.4 is 0 Å². The summed E-state index contributed by atoms with van der Waals surface area (Å²) in [6, 6.07) is 17.2. The molecular formula is C20H18O2S. The van der Waals surface area contributed by atoms with Crippen LogP contribution in [0.1, 0.15) is 18.9 Å². The van der Waals surface area contributed by atoms with Gasteiger partial charge in [-0.05, 0) is 18.6 Å². The van der Waals surface area contributed by atoms with Crippen LogP contribution >= 0.6 is 11.8 Å². The van der Waals surface area contributed by atoms with Crippen LogP contribution in [0, 0.1) is 0 Å². The second-order valence-electron chi connectivity index (χ2n) is 5.21. The van der Waals surface area contributed by atoms with Gasteiger partial charge in [0.15, 0.2) is 0 Å². The Morgan fingerprint density at radius 2 is 1.48 bits per heavy atom. The summed E-state index contributed by atoms with van der Waals surface area (Å²) in [5.74, 6) is 0.421. The predicted molar refractivity (Wildman–Crippen MR) is 97.2 cm³/mol. The van der Waals surface area contributed by atoms with E-state index in [1.165, 1.54) is 11.8 Å². The summed E-state index contributed by atoms with van der Waals surface area (Å²) in [6.07, 6.45) is 4.73.